The van der Waals surface area contributed by atoms with Crippen LogP contribution in [0, 0.1) is 0 Å². The molecule has 1 unspecified atom stereocenters. The number of para-hydroxylation sites is 1. The molecule has 2 aliphatic rings. The highest BCUT2D eigenvalue weighted by Crippen LogP contribution is 2.35. The van der Waals surface area contributed by atoms with Gasteiger partial charge in [-0.05, 0) is 61.8 Å². The van der Waals surface area contributed by atoms with E-state index in [0.717, 1.165) is 31.2 Å². The first-order valence-corrected chi connectivity index (χ1v) is 9.50. The highest BCUT2D eigenvalue weighted by atomic mass is 16.5. The van der Waals surface area contributed by atoms with Gasteiger partial charge in [0.05, 0.1) is 18.2 Å². The number of nitrogens with one attached hydrogen (secondary N) is 1. The first kappa shape index (κ1) is 17.1. The van der Waals surface area contributed by atoms with E-state index in [2.05, 4.69) is 11.4 Å². The van der Waals surface area contributed by atoms with E-state index in [1.807, 2.05) is 36.4 Å². The lowest BCUT2D eigenvalue weighted by atomic mass is 9.79. The Bertz CT molecular complexity index is 799. The summed E-state index contributed by atoms with van der Waals surface area (Å²) < 4.78 is 5.95. The molecule has 26 heavy (non-hydrogen) atoms. The van der Waals surface area contributed by atoms with Crippen molar-refractivity contribution in [1.29, 1.82) is 0 Å². The van der Waals surface area contributed by atoms with Gasteiger partial charge >= 0.3 is 0 Å². The Labute approximate surface area is 154 Å². The van der Waals surface area contributed by atoms with Gasteiger partial charge in [0.1, 0.15) is 11.4 Å². The fourth-order valence-electron chi connectivity index (χ4n) is 3.83. The Morgan fingerprint density at radius 2 is 1.88 bits per heavy atom. The largest absolute Gasteiger partial charge is 0.490 e. The summed E-state index contributed by atoms with van der Waals surface area (Å²) in [5.74, 6) is 0.433. The Kier molecular flexibility index (Phi) is 4.68. The van der Waals surface area contributed by atoms with Gasteiger partial charge in [0.2, 0.25) is 0 Å². The fourth-order valence-corrected chi connectivity index (χ4v) is 3.83. The summed E-state index contributed by atoms with van der Waals surface area (Å²) in [5, 5.41) is 14.1. The number of hydrogen-bond donors (Lipinski definition) is 2. The molecule has 0 aromatic heterocycles. The Hall–Kier alpha value is -2.33. The third-order valence-corrected chi connectivity index (χ3v) is 5.57. The Balaban J connectivity index is 1.48. The van der Waals surface area contributed by atoms with E-state index in [0.29, 0.717) is 17.7 Å². The van der Waals surface area contributed by atoms with Gasteiger partial charge < -0.3 is 15.2 Å². The van der Waals surface area contributed by atoms with Crippen LogP contribution in [-0.2, 0) is 12.0 Å². The summed E-state index contributed by atoms with van der Waals surface area (Å²) in [4.78, 5) is 12.7. The number of carbonyl (C=O) groups is 1. The van der Waals surface area contributed by atoms with Crippen LogP contribution in [0.5, 0.6) is 5.75 Å². The molecule has 1 fully saturated rings. The molecule has 0 saturated heterocycles. The predicted octanol–water partition coefficient (Wildman–Crippen LogP) is 3.57. The topological polar surface area (TPSA) is 58.6 Å². The van der Waals surface area contributed by atoms with Crippen molar-refractivity contribution in [3.05, 3.63) is 65.2 Å². The van der Waals surface area contributed by atoms with E-state index in [1.54, 1.807) is 6.07 Å². The van der Waals surface area contributed by atoms with Crippen LogP contribution in [0.3, 0.4) is 0 Å². The van der Waals surface area contributed by atoms with Gasteiger partial charge in [-0.15, -0.1) is 0 Å². The summed E-state index contributed by atoms with van der Waals surface area (Å²) in [6.07, 6.45) is 6.06. The van der Waals surface area contributed by atoms with Crippen LogP contribution in [0.4, 0.5) is 0 Å². The molecule has 2 aromatic rings. The highest BCUT2D eigenvalue weighted by Gasteiger charge is 2.34. The van der Waals surface area contributed by atoms with Crippen molar-refractivity contribution >= 4 is 5.91 Å². The van der Waals surface area contributed by atoms with Crippen molar-refractivity contribution in [2.75, 3.05) is 6.54 Å². The zero-order chi connectivity index (χ0) is 18.0. The minimum absolute atomic E-state index is 0.198. The van der Waals surface area contributed by atoms with Gasteiger partial charge in [0.25, 0.3) is 5.91 Å². The molecule has 1 amide bonds. The third kappa shape index (κ3) is 3.34. The summed E-state index contributed by atoms with van der Waals surface area (Å²) in [6, 6.07) is 15.3. The number of carbonyl (C=O) groups excluding carboxylic acids is 1. The lowest BCUT2D eigenvalue weighted by Gasteiger charge is -2.34. The average Bonchev–Trinajstić information content (AvgIpc) is 2.64. The standard InChI is InChI=1S/C22H25NO3/c24-21(18-11-2-4-13-20(18)26-17-9-5-10-17)23-15-22(25)14-6-8-16-7-1-3-12-19(16)22/h1-4,7,11-13,17,25H,5-6,8-10,14-15H2,(H,23,24). The van der Waals surface area contributed by atoms with E-state index in [1.165, 1.54) is 12.0 Å². The fraction of sp³-hybridized carbons (Fsp3) is 0.409. The molecule has 4 nitrogen and oxygen atoms in total. The van der Waals surface area contributed by atoms with Crippen LogP contribution in [0.15, 0.2) is 48.5 Å². The lowest BCUT2D eigenvalue weighted by Crippen LogP contribution is -2.43. The van der Waals surface area contributed by atoms with Crippen molar-refractivity contribution in [3.63, 3.8) is 0 Å². The maximum Gasteiger partial charge on any atom is 0.255 e. The summed E-state index contributed by atoms with van der Waals surface area (Å²) in [5.41, 5.74) is 1.63. The second kappa shape index (κ2) is 7.12. The number of hydrogen-bond acceptors (Lipinski definition) is 3. The predicted molar refractivity (Wildman–Crippen MR) is 100 cm³/mol. The van der Waals surface area contributed by atoms with Gasteiger partial charge in [-0.1, -0.05) is 36.4 Å². The normalized spacial score (nSPS) is 22.2. The lowest BCUT2D eigenvalue weighted by molar-refractivity contribution is 0.0188. The van der Waals surface area contributed by atoms with Crippen molar-refractivity contribution in [2.24, 2.45) is 0 Å². The molecular weight excluding hydrogens is 326 g/mol. The van der Waals surface area contributed by atoms with Crippen LogP contribution in [0.2, 0.25) is 0 Å². The van der Waals surface area contributed by atoms with Crippen LogP contribution < -0.4 is 10.1 Å². The molecule has 0 heterocycles. The number of benzene rings is 2. The van der Waals surface area contributed by atoms with Crippen LogP contribution in [0.1, 0.15) is 53.6 Å². The smallest absolute Gasteiger partial charge is 0.255 e. The SMILES string of the molecule is O=C(NCC1(O)CCCc2ccccc21)c1ccccc1OC1CCC1. The van der Waals surface area contributed by atoms with E-state index in [-0.39, 0.29) is 18.6 Å². The summed E-state index contributed by atoms with van der Waals surface area (Å²) in [7, 11) is 0. The van der Waals surface area contributed by atoms with Crippen molar-refractivity contribution < 1.29 is 14.6 Å². The first-order chi connectivity index (χ1) is 12.7. The third-order valence-electron chi connectivity index (χ3n) is 5.57. The molecule has 1 saturated carbocycles. The molecule has 4 rings (SSSR count). The second-order valence-electron chi connectivity index (χ2n) is 7.39. The van der Waals surface area contributed by atoms with Gasteiger partial charge in [0, 0.05) is 0 Å². The molecule has 0 bridgehead atoms. The number of aryl methyl sites for hydroxylation is 1. The number of aliphatic hydroxyl groups is 1. The van der Waals surface area contributed by atoms with Crippen molar-refractivity contribution in [3.8, 4) is 5.75 Å². The Morgan fingerprint density at radius 1 is 1.12 bits per heavy atom. The molecule has 2 aliphatic carbocycles. The molecule has 0 spiro atoms. The molecule has 2 N–H and O–H groups in total. The van der Waals surface area contributed by atoms with E-state index in [9.17, 15) is 9.90 Å². The molecule has 2 aromatic carbocycles. The number of fused-ring (bicyclic) bond motifs is 1. The second-order valence-corrected chi connectivity index (χ2v) is 7.39. The minimum Gasteiger partial charge on any atom is -0.490 e. The summed E-state index contributed by atoms with van der Waals surface area (Å²) in [6.45, 7) is 0.209. The molecule has 1 atom stereocenters. The van der Waals surface area contributed by atoms with Gasteiger partial charge in [0.15, 0.2) is 0 Å². The van der Waals surface area contributed by atoms with Crippen LogP contribution in [-0.4, -0.2) is 23.7 Å². The number of rotatable bonds is 5. The molecule has 4 heteroatoms. The molecule has 0 radical (unpaired) electrons. The maximum atomic E-state index is 12.7. The average molecular weight is 351 g/mol. The van der Waals surface area contributed by atoms with E-state index in [4.69, 9.17) is 4.74 Å². The summed E-state index contributed by atoms with van der Waals surface area (Å²) >= 11 is 0. The zero-order valence-electron chi connectivity index (χ0n) is 14.9. The monoisotopic (exact) mass is 351 g/mol. The maximum absolute atomic E-state index is 12.7. The van der Waals surface area contributed by atoms with Gasteiger partial charge in [-0.2, -0.15) is 0 Å². The van der Waals surface area contributed by atoms with Gasteiger partial charge in [-0.25, -0.2) is 0 Å². The quantitative estimate of drug-likeness (QED) is 0.866. The number of amides is 1. The highest BCUT2D eigenvalue weighted by molar-refractivity contribution is 5.97. The van der Waals surface area contributed by atoms with Crippen molar-refractivity contribution in [2.45, 2.75) is 50.2 Å². The Morgan fingerprint density at radius 3 is 2.69 bits per heavy atom. The van der Waals surface area contributed by atoms with Crippen LogP contribution in [0.25, 0.3) is 0 Å². The van der Waals surface area contributed by atoms with E-state index < -0.39 is 5.60 Å². The number of ether oxygens (including phenoxy) is 1. The molecule has 136 valence electrons. The molecular formula is C22H25NO3. The zero-order valence-corrected chi connectivity index (χ0v) is 14.9. The van der Waals surface area contributed by atoms with Crippen LogP contribution >= 0.6 is 0 Å². The first-order valence-electron chi connectivity index (χ1n) is 9.50. The molecule has 0 aliphatic heterocycles. The van der Waals surface area contributed by atoms with E-state index >= 15 is 0 Å². The minimum atomic E-state index is -1.01. The van der Waals surface area contributed by atoms with Crippen molar-refractivity contribution in [1.82, 2.24) is 5.32 Å². The van der Waals surface area contributed by atoms with Gasteiger partial charge in [-0.3, -0.25) is 4.79 Å².